The predicted octanol–water partition coefficient (Wildman–Crippen LogP) is 2.46. The molecule has 0 spiro atoms. The number of thiazole rings is 1. The molecule has 0 amide bonds. The van der Waals surface area contributed by atoms with E-state index in [4.69, 9.17) is 16.1 Å². The second kappa shape index (κ2) is 3.08. The van der Waals surface area contributed by atoms with E-state index in [1.54, 1.807) is 0 Å². The first-order valence-corrected chi connectivity index (χ1v) is 4.80. The second-order valence-corrected chi connectivity index (χ2v) is 4.06. The zero-order valence-electron chi connectivity index (χ0n) is 7.04. The Morgan fingerprint density at radius 3 is 2.54 bits per heavy atom. The van der Waals surface area contributed by atoms with Crippen molar-refractivity contribution in [2.24, 2.45) is 0 Å². The normalized spacial score (nSPS) is 10.7. The Hall–Kier alpha value is -0.940. The molecule has 0 fully saturated rings. The fourth-order valence-electron chi connectivity index (χ4n) is 1.03. The second-order valence-electron chi connectivity index (χ2n) is 2.52. The van der Waals surface area contributed by atoms with Crippen LogP contribution in [-0.4, -0.2) is 15.1 Å². The monoisotopic (exact) mass is 215 g/mol. The zero-order chi connectivity index (χ0) is 9.42. The first kappa shape index (κ1) is 8.65. The lowest BCUT2D eigenvalue weighted by molar-refractivity contribution is 0.431. The lowest BCUT2D eigenvalue weighted by Gasteiger charge is -1.85. The van der Waals surface area contributed by atoms with Gasteiger partial charge in [-0.3, -0.25) is 0 Å². The third-order valence-corrected chi connectivity index (χ3v) is 2.71. The Morgan fingerprint density at radius 2 is 2.08 bits per heavy atom. The largest absolute Gasteiger partial charge is 0.332 e. The summed E-state index contributed by atoms with van der Waals surface area (Å²) in [4.78, 5) is 9.04. The lowest BCUT2D eigenvalue weighted by Crippen LogP contribution is -1.76. The van der Waals surface area contributed by atoms with Gasteiger partial charge in [-0.25, -0.2) is 4.98 Å². The van der Waals surface area contributed by atoms with Crippen molar-refractivity contribution in [3.63, 3.8) is 0 Å². The van der Waals surface area contributed by atoms with Gasteiger partial charge < -0.3 is 4.52 Å². The third kappa shape index (κ3) is 1.57. The lowest BCUT2D eigenvalue weighted by atomic mass is 10.4. The van der Waals surface area contributed by atoms with Crippen LogP contribution in [0.15, 0.2) is 4.52 Å². The molecule has 2 aromatic heterocycles. The van der Waals surface area contributed by atoms with E-state index in [2.05, 4.69) is 15.1 Å². The first-order valence-electron chi connectivity index (χ1n) is 3.60. The molecule has 0 aromatic carbocycles. The molecule has 0 radical (unpaired) electrons. The molecule has 0 atom stereocenters. The molecular weight excluding hydrogens is 210 g/mol. The molecule has 2 rings (SSSR count). The number of hydrogen-bond donors (Lipinski definition) is 0. The summed E-state index contributed by atoms with van der Waals surface area (Å²) >= 11 is 7.05. The minimum absolute atomic E-state index is 0.125. The number of aryl methyl sites for hydroxylation is 2. The highest BCUT2D eigenvalue weighted by Crippen LogP contribution is 2.28. The van der Waals surface area contributed by atoms with Crippen LogP contribution in [0.4, 0.5) is 0 Å². The highest BCUT2D eigenvalue weighted by atomic mass is 35.5. The fraction of sp³-hybridized carbons (Fsp3) is 0.286. The molecule has 0 saturated heterocycles. The van der Waals surface area contributed by atoms with Crippen molar-refractivity contribution < 1.29 is 4.52 Å². The average molecular weight is 216 g/mol. The fourth-order valence-corrected chi connectivity index (χ4v) is 1.98. The smallest absolute Gasteiger partial charge is 0.270 e. The van der Waals surface area contributed by atoms with Crippen molar-refractivity contribution >= 4 is 22.9 Å². The summed E-state index contributed by atoms with van der Waals surface area (Å²) in [6.45, 7) is 3.83. The summed E-state index contributed by atoms with van der Waals surface area (Å²) in [7, 11) is 0. The summed E-state index contributed by atoms with van der Waals surface area (Å²) < 4.78 is 4.92. The Bertz CT molecular complexity index is 437. The first-order chi connectivity index (χ1) is 6.16. The molecule has 2 aromatic rings. The van der Waals surface area contributed by atoms with Gasteiger partial charge in [0, 0.05) is 0 Å². The van der Waals surface area contributed by atoms with Crippen LogP contribution in [0.1, 0.15) is 10.7 Å². The van der Waals surface area contributed by atoms with Gasteiger partial charge in [-0.15, -0.1) is 11.3 Å². The van der Waals surface area contributed by atoms with Crippen molar-refractivity contribution in [2.75, 3.05) is 0 Å². The number of hydrogen-bond acceptors (Lipinski definition) is 5. The van der Waals surface area contributed by atoms with Crippen LogP contribution in [0.5, 0.6) is 0 Å². The number of halogens is 1. The number of nitrogens with zero attached hydrogens (tertiary/aromatic N) is 3. The number of aromatic nitrogens is 3. The molecule has 0 aliphatic carbocycles. The molecule has 0 unspecified atom stereocenters. The van der Waals surface area contributed by atoms with Crippen LogP contribution in [0, 0.1) is 13.8 Å². The van der Waals surface area contributed by atoms with Gasteiger partial charge in [0.15, 0.2) is 0 Å². The maximum absolute atomic E-state index is 5.54. The molecule has 13 heavy (non-hydrogen) atoms. The molecule has 4 nitrogen and oxygen atoms in total. The van der Waals surface area contributed by atoms with Crippen LogP contribution in [0.3, 0.4) is 0 Å². The van der Waals surface area contributed by atoms with Gasteiger partial charge in [0.25, 0.3) is 11.2 Å². The Labute approximate surface area is 83.6 Å². The Morgan fingerprint density at radius 1 is 1.31 bits per heavy atom. The molecular formula is C7H6ClN3OS. The average Bonchev–Trinajstić information content (AvgIpc) is 2.58. The molecule has 0 saturated carbocycles. The predicted molar refractivity (Wildman–Crippen MR) is 49.9 cm³/mol. The van der Waals surface area contributed by atoms with Crippen molar-refractivity contribution in [1.29, 1.82) is 0 Å². The summed E-state index contributed by atoms with van der Waals surface area (Å²) in [5.41, 5.74) is 0.891. The Balaban J connectivity index is 2.51. The van der Waals surface area contributed by atoms with E-state index >= 15 is 0 Å². The van der Waals surface area contributed by atoms with E-state index in [0.717, 1.165) is 15.6 Å². The van der Waals surface area contributed by atoms with Gasteiger partial charge >= 0.3 is 0 Å². The summed E-state index contributed by atoms with van der Waals surface area (Å²) in [6, 6.07) is 0. The zero-order valence-corrected chi connectivity index (χ0v) is 8.61. The topological polar surface area (TPSA) is 51.8 Å². The molecule has 0 aliphatic heterocycles. The highest BCUT2D eigenvalue weighted by molar-refractivity contribution is 7.15. The van der Waals surface area contributed by atoms with Crippen LogP contribution in [0.25, 0.3) is 10.8 Å². The van der Waals surface area contributed by atoms with E-state index in [9.17, 15) is 0 Å². The van der Waals surface area contributed by atoms with Crippen LogP contribution < -0.4 is 0 Å². The summed E-state index contributed by atoms with van der Waals surface area (Å²) in [5, 5.41) is 4.60. The van der Waals surface area contributed by atoms with Gasteiger partial charge in [-0.05, 0) is 30.6 Å². The minimum Gasteiger partial charge on any atom is -0.332 e. The standard InChI is InChI=1S/C7H6ClN3OS/c1-3-5(13-4(2)9-3)6-10-7(8)11-12-6/h1-2H3. The van der Waals surface area contributed by atoms with Crippen molar-refractivity contribution in [1.82, 2.24) is 15.1 Å². The van der Waals surface area contributed by atoms with Gasteiger partial charge in [0.05, 0.1) is 10.7 Å². The van der Waals surface area contributed by atoms with E-state index < -0.39 is 0 Å². The summed E-state index contributed by atoms with van der Waals surface area (Å²) in [6.07, 6.45) is 0. The van der Waals surface area contributed by atoms with Gasteiger partial charge in [-0.1, -0.05) is 0 Å². The Kier molecular flexibility index (Phi) is 2.05. The molecule has 0 bridgehead atoms. The minimum atomic E-state index is 0.125. The van der Waals surface area contributed by atoms with Crippen molar-refractivity contribution in [3.8, 4) is 10.8 Å². The van der Waals surface area contributed by atoms with E-state index in [-0.39, 0.29) is 5.28 Å². The van der Waals surface area contributed by atoms with E-state index in [1.807, 2.05) is 13.8 Å². The molecule has 68 valence electrons. The quantitative estimate of drug-likeness (QED) is 0.733. The van der Waals surface area contributed by atoms with Crippen LogP contribution in [-0.2, 0) is 0 Å². The van der Waals surface area contributed by atoms with Crippen molar-refractivity contribution in [2.45, 2.75) is 13.8 Å². The molecule has 0 N–H and O–H groups in total. The summed E-state index contributed by atoms with van der Waals surface area (Å²) in [5.74, 6) is 0.438. The van der Waals surface area contributed by atoms with Crippen LogP contribution >= 0.6 is 22.9 Å². The van der Waals surface area contributed by atoms with Gasteiger partial charge in [0.2, 0.25) is 0 Å². The molecule has 0 aliphatic rings. The number of rotatable bonds is 1. The SMILES string of the molecule is Cc1nc(C)c(-c2nc(Cl)no2)s1. The maximum Gasteiger partial charge on any atom is 0.270 e. The molecule has 2 heterocycles. The third-order valence-electron chi connectivity index (χ3n) is 1.50. The van der Waals surface area contributed by atoms with Crippen molar-refractivity contribution in [3.05, 3.63) is 16.0 Å². The van der Waals surface area contributed by atoms with E-state index in [1.165, 1.54) is 11.3 Å². The van der Waals surface area contributed by atoms with E-state index in [0.29, 0.717) is 5.89 Å². The van der Waals surface area contributed by atoms with Gasteiger partial charge in [-0.2, -0.15) is 4.98 Å². The highest BCUT2D eigenvalue weighted by Gasteiger charge is 2.13. The maximum atomic E-state index is 5.54. The van der Waals surface area contributed by atoms with Gasteiger partial charge in [0.1, 0.15) is 4.88 Å². The molecule has 6 heteroatoms. The van der Waals surface area contributed by atoms with Crippen LogP contribution in [0.2, 0.25) is 5.28 Å².